The van der Waals surface area contributed by atoms with Crippen LogP contribution in [0, 0.1) is 20.8 Å². The maximum absolute atomic E-state index is 13.4. The van der Waals surface area contributed by atoms with Crippen molar-refractivity contribution in [3.63, 3.8) is 0 Å². The molecule has 1 aliphatic heterocycles. The average molecular weight is 479 g/mol. The molecule has 1 N–H and O–H groups in total. The van der Waals surface area contributed by atoms with E-state index in [1.165, 1.54) is 11.1 Å². The largest absolute Gasteiger partial charge is 0.334 e. The Kier molecular flexibility index (Phi) is 6.18. The first-order valence-electron chi connectivity index (χ1n) is 12.2. The van der Waals surface area contributed by atoms with Crippen LogP contribution >= 0.6 is 0 Å². The summed E-state index contributed by atoms with van der Waals surface area (Å²) < 4.78 is 5.82. The number of carbonyl (C=O) groups is 1. The topological polar surface area (TPSA) is 71.3 Å². The molecule has 2 amide bonds. The Morgan fingerprint density at radius 1 is 0.917 bits per heavy atom. The zero-order valence-electron chi connectivity index (χ0n) is 21.3. The maximum Gasteiger partial charge on any atom is 0.326 e. The lowest BCUT2D eigenvalue weighted by atomic mass is 9.92. The number of nitrogens with one attached hydrogen (secondary N) is 1. The summed E-state index contributed by atoms with van der Waals surface area (Å²) in [5.41, 5.74) is 8.90. The fraction of sp³-hybridized carbons (Fsp3) is 0.233. The second kappa shape index (κ2) is 9.46. The molecule has 6 nitrogen and oxygen atoms in total. The van der Waals surface area contributed by atoms with Crippen molar-refractivity contribution in [2.45, 2.75) is 47.1 Å². The standard InChI is InChI=1S/C30H30N4O2/c1-6-22-10-15-25(16-11-22)34-21(5)26(27(31-30(34)35)24-14-9-19(3)20(4)17-24)29-32-28(33-36-29)23-12-7-18(2)8-13-23/h7-17,27H,6H2,1-5H3,(H,31,35). The van der Waals surface area contributed by atoms with Crippen molar-refractivity contribution in [2.24, 2.45) is 0 Å². The van der Waals surface area contributed by atoms with E-state index in [1.807, 2.05) is 68.4 Å². The molecule has 36 heavy (non-hydrogen) atoms. The second-order valence-corrected chi connectivity index (χ2v) is 9.37. The summed E-state index contributed by atoms with van der Waals surface area (Å²) in [6.45, 7) is 10.2. The van der Waals surface area contributed by atoms with E-state index in [9.17, 15) is 4.79 Å². The highest BCUT2D eigenvalue weighted by Gasteiger charge is 2.36. The predicted molar refractivity (Wildman–Crippen MR) is 143 cm³/mol. The summed E-state index contributed by atoms with van der Waals surface area (Å²) in [5, 5.41) is 7.47. The molecule has 0 radical (unpaired) electrons. The van der Waals surface area contributed by atoms with E-state index in [4.69, 9.17) is 9.51 Å². The van der Waals surface area contributed by atoms with Gasteiger partial charge in [-0.05, 0) is 68.5 Å². The van der Waals surface area contributed by atoms with Gasteiger partial charge in [0.2, 0.25) is 5.82 Å². The Labute approximate surface area is 211 Å². The number of amides is 2. The SMILES string of the molecule is CCc1ccc(N2C(=O)NC(c3ccc(C)c(C)c3)C(c3nc(-c4ccc(C)cc4)no3)=C2C)cc1. The molecule has 1 unspecified atom stereocenters. The third-order valence-electron chi connectivity index (χ3n) is 6.92. The zero-order valence-corrected chi connectivity index (χ0v) is 21.3. The van der Waals surface area contributed by atoms with Gasteiger partial charge in [0.15, 0.2) is 0 Å². The minimum atomic E-state index is -0.422. The second-order valence-electron chi connectivity index (χ2n) is 9.37. The molecule has 1 aromatic heterocycles. The van der Waals surface area contributed by atoms with Gasteiger partial charge in [0.1, 0.15) is 0 Å². The van der Waals surface area contributed by atoms with Gasteiger partial charge in [0.25, 0.3) is 5.89 Å². The molecule has 5 rings (SSSR count). The van der Waals surface area contributed by atoms with Gasteiger partial charge in [-0.25, -0.2) is 4.79 Å². The molecule has 0 aliphatic carbocycles. The summed E-state index contributed by atoms with van der Waals surface area (Å²) in [5.74, 6) is 0.904. The average Bonchev–Trinajstić information content (AvgIpc) is 3.36. The van der Waals surface area contributed by atoms with Crippen molar-refractivity contribution in [2.75, 3.05) is 4.90 Å². The highest BCUT2D eigenvalue weighted by atomic mass is 16.5. The van der Waals surface area contributed by atoms with E-state index in [0.29, 0.717) is 11.7 Å². The van der Waals surface area contributed by atoms with Crippen molar-refractivity contribution in [3.05, 3.63) is 106 Å². The number of nitrogens with zero attached hydrogens (tertiary/aromatic N) is 3. The Hall–Kier alpha value is -4.19. The molecule has 0 bridgehead atoms. The Morgan fingerprint density at radius 3 is 2.31 bits per heavy atom. The summed E-state index contributed by atoms with van der Waals surface area (Å²) in [4.78, 5) is 19.9. The molecular formula is C30H30N4O2. The number of aromatic nitrogens is 2. The molecule has 4 aromatic rings. The van der Waals surface area contributed by atoms with Crippen molar-refractivity contribution in [1.82, 2.24) is 15.5 Å². The van der Waals surface area contributed by atoms with E-state index in [-0.39, 0.29) is 6.03 Å². The molecular weight excluding hydrogens is 448 g/mol. The zero-order chi connectivity index (χ0) is 25.4. The molecule has 0 spiro atoms. The minimum Gasteiger partial charge on any atom is -0.334 e. The summed E-state index contributed by atoms with van der Waals surface area (Å²) >= 11 is 0. The number of urea groups is 1. The number of hydrogen-bond donors (Lipinski definition) is 1. The van der Waals surface area contributed by atoms with Crippen molar-refractivity contribution in [3.8, 4) is 11.4 Å². The van der Waals surface area contributed by atoms with Crippen LogP contribution in [0.25, 0.3) is 17.0 Å². The summed E-state index contributed by atoms with van der Waals surface area (Å²) in [6.07, 6.45) is 0.936. The summed E-state index contributed by atoms with van der Waals surface area (Å²) in [6, 6.07) is 21.7. The van der Waals surface area contributed by atoms with E-state index in [2.05, 4.69) is 43.4 Å². The molecule has 2 heterocycles. The lowest BCUT2D eigenvalue weighted by Crippen LogP contribution is -2.46. The van der Waals surface area contributed by atoms with Gasteiger partial charge in [0, 0.05) is 11.3 Å². The van der Waals surface area contributed by atoms with E-state index >= 15 is 0 Å². The van der Waals surface area contributed by atoms with Gasteiger partial charge in [-0.15, -0.1) is 0 Å². The molecule has 1 aliphatic rings. The number of aryl methyl sites for hydroxylation is 4. The predicted octanol–water partition coefficient (Wildman–Crippen LogP) is 6.93. The Bertz CT molecular complexity index is 1450. The van der Waals surface area contributed by atoms with Crippen molar-refractivity contribution < 1.29 is 9.32 Å². The molecule has 1 atom stereocenters. The van der Waals surface area contributed by atoms with Crippen LogP contribution in [0.1, 0.15) is 53.6 Å². The van der Waals surface area contributed by atoms with Crippen LogP contribution in [0.2, 0.25) is 0 Å². The molecule has 3 aromatic carbocycles. The lowest BCUT2D eigenvalue weighted by Gasteiger charge is -2.35. The van der Waals surface area contributed by atoms with Crippen molar-refractivity contribution >= 4 is 17.3 Å². The van der Waals surface area contributed by atoms with Crippen LogP contribution in [-0.4, -0.2) is 16.2 Å². The number of allylic oxidation sites excluding steroid dienone is 1. The van der Waals surface area contributed by atoms with Crippen molar-refractivity contribution in [1.29, 1.82) is 0 Å². The maximum atomic E-state index is 13.4. The number of benzene rings is 3. The number of carbonyl (C=O) groups excluding carboxylic acids is 1. The highest BCUT2D eigenvalue weighted by Crippen LogP contribution is 2.39. The van der Waals surface area contributed by atoms with E-state index < -0.39 is 6.04 Å². The smallest absolute Gasteiger partial charge is 0.326 e. The fourth-order valence-corrected chi connectivity index (χ4v) is 4.56. The Morgan fingerprint density at radius 2 is 1.64 bits per heavy atom. The Balaban J connectivity index is 1.65. The fourth-order valence-electron chi connectivity index (χ4n) is 4.56. The molecule has 182 valence electrons. The first kappa shape index (κ1) is 23.5. The van der Waals surface area contributed by atoms with Gasteiger partial charge in [-0.2, -0.15) is 4.98 Å². The first-order chi connectivity index (χ1) is 17.4. The lowest BCUT2D eigenvalue weighted by molar-refractivity contribution is 0.244. The molecule has 0 fully saturated rings. The van der Waals surface area contributed by atoms with Crippen LogP contribution in [0.15, 0.2) is 77.0 Å². The number of anilines is 1. The van der Waals surface area contributed by atoms with Gasteiger partial charge < -0.3 is 9.84 Å². The third kappa shape index (κ3) is 4.31. The van der Waals surface area contributed by atoms with Crippen LogP contribution in [0.3, 0.4) is 0 Å². The molecule has 0 saturated heterocycles. The normalized spacial score (nSPS) is 15.9. The third-order valence-corrected chi connectivity index (χ3v) is 6.92. The van der Waals surface area contributed by atoms with Crippen LogP contribution < -0.4 is 10.2 Å². The van der Waals surface area contributed by atoms with Crippen LogP contribution in [0.5, 0.6) is 0 Å². The van der Waals surface area contributed by atoms with E-state index in [0.717, 1.165) is 45.6 Å². The quantitative estimate of drug-likeness (QED) is 0.338. The first-order valence-corrected chi connectivity index (χ1v) is 12.2. The number of hydrogen-bond acceptors (Lipinski definition) is 4. The monoisotopic (exact) mass is 478 g/mol. The van der Waals surface area contributed by atoms with E-state index in [1.54, 1.807) is 4.90 Å². The van der Waals surface area contributed by atoms with Gasteiger partial charge in [0.05, 0.1) is 17.3 Å². The van der Waals surface area contributed by atoms with Gasteiger partial charge >= 0.3 is 6.03 Å². The number of rotatable bonds is 5. The highest BCUT2D eigenvalue weighted by molar-refractivity contribution is 6.01. The van der Waals surface area contributed by atoms with Crippen LogP contribution in [0.4, 0.5) is 10.5 Å². The summed E-state index contributed by atoms with van der Waals surface area (Å²) in [7, 11) is 0. The van der Waals surface area contributed by atoms with Crippen LogP contribution in [-0.2, 0) is 6.42 Å². The molecule has 0 saturated carbocycles. The minimum absolute atomic E-state index is 0.193. The molecule has 6 heteroatoms. The van der Waals surface area contributed by atoms with Gasteiger partial charge in [-0.3, -0.25) is 4.90 Å². The van der Waals surface area contributed by atoms with Gasteiger partial charge in [-0.1, -0.05) is 72.2 Å².